The van der Waals surface area contributed by atoms with E-state index in [-0.39, 0.29) is 11.9 Å². The van der Waals surface area contributed by atoms with Crippen molar-refractivity contribution in [2.75, 3.05) is 12.4 Å². The van der Waals surface area contributed by atoms with E-state index in [0.717, 1.165) is 11.3 Å². The van der Waals surface area contributed by atoms with Crippen molar-refractivity contribution in [3.05, 3.63) is 35.9 Å². The lowest BCUT2D eigenvalue weighted by Crippen LogP contribution is -2.02. The van der Waals surface area contributed by atoms with Crippen LogP contribution >= 0.6 is 11.8 Å². The maximum Gasteiger partial charge on any atom is 0.0554 e. The molecule has 74 valence electrons. The highest BCUT2D eigenvalue weighted by Crippen LogP contribution is 2.07. The molecule has 1 aromatic rings. The summed E-state index contributed by atoms with van der Waals surface area (Å²) < 4.78 is 0. The molecule has 14 heavy (non-hydrogen) atoms. The average molecular weight is 206 g/mol. The molecule has 1 atom stereocenters. The number of aliphatic hydroxyl groups excluding tert-OH is 1. The van der Waals surface area contributed by atoms with Crippen molar-refractivity contribution in [3.8, 4) is 11.8 Å². The van der Waals surface area contributed by atoms with Crippen LogP contribution in [0, 0.1) is 11.8 Å². The van der Waals surface area contributed by atoms with Crippen LogP contribution in [0.1, 0.15) is 12.5 Å². The number of thioether (sulfide) groups is 1. The van der Waals surface area contributed by atoms with Gasteiger partial charge in [0.15, 0.2) is 0 Å². The second-order valence-electron chi connectivity index (χ2n) is 2.97. The van der Waals surface area contributed by atoms with E-state index in [9.17, 15) is 0 Å². The second-order valence-corrected chi connectivity index (χ2v) is 4.40. The standard InChI is InChI=1S/C12H14OS/c1-11(10-13)14-9-5-8-12-6-3-2-4-7-12/h2-4,6-7,11,13H,9-10H2,1H3. The van der Waals surface area contributed by atoms with Crippen LogP contribution < -0.4 is 0 Å². The van der Waals surface area contributed by atoms with Gasteiger partial charge in [-0.15, -0.1) is 11.8 Å². The van der Waals surface area contributed by atoms with Crippen LogP contribution in [-0.4, -0.2) is 22.7 Å². The Hall–Kier alpha value is -0.910. The number of hydrogen-bond acceptors (Lipinski definition) is 2. The van der Waals surface area contributed by atoms with Crippen molar-refractivity contribution < 1.29 is 5.11 Å². The van der Waals surface area contributed by atoms with Crippen LogP contribution in [0.3, 0.4) is 0 Å². The minimum Gasteiger partial charge on any atom is -0.395 e. The van der Waals surface area contributed by atoms with Gasteiger partial charge in [-0.3, -0.25) is 0 Å². The molecule has 0 saturated carbocycles. The van der Waals surface area contributed by atoms with E-state index in [1.807, 2.05) is 37.3 Å². The molecule has 0 fully saturated rings. The minimum atomic E-state index is 0.220. The molecule has 1 N–H and O–H groups in total. The topological polar surface area (TPSA) is 20.2 Å². The van der Waals surface area contributed by atoms with E-state index in [0.29, 0.717) is 0 Å². The normalized spacial score (nSPS) is 11.6. The Morgan fingerprint density at radius 2 is 2.07 bits per heavy atom. The van der Waals surface area contributed by atoms with Crippen LogP contribution in [-0.2, 0) is 0 Å². The van der Waals surface area contributed by atoms with Gasteiger partial charge in [-0.25, -0.2) is 0 Å². The molecule has 0 heterocycles. The molecule has 0 bridgehead atoms. The predicted molar refractivity (Wildman–Crippen MR) is 62.3 cm³/mol. The van der Waals surface area contributed by atoms with Gasteiger partial charge < -0.3 is 5.11 Å². The van der Waals surface area contributed by atoms with Gasteiger partial charge in [0, 0.05) is 10.8 Å². The maximum absolute atomic E-state index is 8.78. The van der Waals surface area contributed by atoms with Crippen molar-refractivity contribution in [2.24, 2.45) is 0 Å². The lowest BCUT2D eigenvalue weighted by atomic mass is 10.2. The Balaban J connectivity index is 2.34. The summed E-state index contributed by atoms with van der Waals surface area (Å²) in [6.07, 6.45) is 0. The number of hydrogen-bond donors (Lipinski definition) is 1. The van der Waals surface area contributed by atoms with Gasteiger partial charge in [0.25, 0.3) is 0 Å². The van der Waals surface area contributed by atoms with Gasteiger partial charge in [-0.1, -0.05) is 37.0 Å². The summed E-state index contributed by atoms with van der Waals surface area (Å²) in [6, 6.07) is 9.93. The van der Waals surface area contributed by atoms with Crippen molar-refractivity contribution >= 4 is 11.8 Å². The minimum absolute atomic E-state index is 0.220. The zero-order chi connectivity index (χ0) is 10.2. The van der Waals surface area contributed by atoms with Crippen LogP contribution in [0.2, 0.25) is 0 Å². The lowest BCUT2D eigenvalue weighted by Gasteiger charge is -2.01. The van der Waals surface area contributed by atoms with Gasteiger partial charge in [0.1, 0.15) is 0 Å². The largest absolute Gasteiger partial charge is 0.395 e. The molecule has 0 radical (unpaired) electrons. The van der Waals surface area contributed by atoms with E-state index < -0.39 is 0 Å². The molecule has 1 rings (SSSR count). The summed E-state index contributed by atoms with van der Waals surface area (Å²) >= 11 is 1.67. The summed E-state index contributed by atoms with van der Waals surface area (Å²) in [5.74, 6) is 6.91. The molecule has 2 heteroatoms. The highest BCUT2D eigenvalue weighted by molar-refractivity contribution is 8.00. The first-order valence-electron chi connectivity index (χ1n) is 4.59. The predicted octanol–water partition coefficient (Wildman–Crippen LogP) is 2.15. The summed E-state index contributed by atoms with van der Waals surface area (Å²) in [5.41, 5.74) is 1.05. The van der Waals surface area contributed by atoms with Crippen molar-refractivity contribution in [3.63, 3.8) is 0 Å². The van der Waals surface area contributed by atoms with Crippen LogP contribution in [0.15, 0.2) is 30.3 Å². The number of benzene rings is 1. The summed E-state index contributed by atoms with van der Waals surface area (Å²) in [4.78, 5) is 0. The van der Waals surface area contributed by atoms with Crippen LogP contribution in [0.25, 0.3) is 0 Å². The fourth-order valence-electron chi connectivity index (χ4n) is 0.896. The van der Waals surface area contributed by atoms with Crippen LogP contribution in [0.5, 0.6) is 0 Å². The second kappa shape index (κ2) is 6.53. The molecule has 1 unspecified atom stereocenters. The van der Waals surface area contributed by atoms with Crippen LogP contribution in [0.4, 0.5) is 0 Å². The Bertz CT molecular complexity index is 310. The highest BCUT2D eigenvalue weighted by Gasteiger charge is 1.96. The van der Waals surface area contributed by atoms with Gasteiger partial charge in [-0.2, -0.15) is 0 Å². The molecule has 0 saturated heterocycles. The molecule has 0 aliphatic rings. The van der Waals surface area contributed by atoms with E-state index in [1.165, 1.54) is 0 Å². The monoisotopic (exact) mass is 206 g/mol. The third kappa shape index (κ3) is 4.36. The smallest absolute Gasteiger partial charge is 0.0554 e. The molecular formula is C12H14OS. The first-order valence-corrected chi connectivity index (χ1v) is 5.64. The van der Waals surface area contributed by atoms with Gasteiger partial charge in [0.2, 0.25) is 0 Å². The summed E-state index contributed by atoms with van der Waals surface area (Å²) in [6.45, 7) is 2.21. The highest BCUT2D eigenvalue weighted by atomic mass is 32.2. The lowest BCUT2D eigenvalue weighted by molar-refractivity contribution is 0.300. The fourth-order valence-corrected chi connectivity index (χ4v) is 1.44. The molecule has 0 amide bonds. The summed E-state index contributed by atoms with van der Waals surface area (Å²) in [5, 5.41) is 9.06. The fraction of sp³-hybridized carbons (Fsp3) is 0.333. The Morgan fingerprint density at radius 1 is 1.36 bits per heavy atom. The SMILES string of the molecule is CC(CO)SCC#Cc1ccccc1. The molecule has 0 aromatic heterocycles. The van der Waals surface area contributed by atoms with Gasteiger partial charge in [-0.05, 0) is 12.1 Å². The van der Waals surface area contributed by atoms with E-state index in [2.05, 4.69) is 11.8 Å². The zero-order valence-electron chi connectivity index (χ0n) is 8.23. The Morgan fingerprint density at radius 3 is 2.71 bits per heavy atom. The summed E-state index contributed by atoms with van der Waals surface area (Å²) in [7, 11) is 0. The van der Waals surface area contributed by atoms with Gasteiger partial charge >= 0.3 is 0 Å². The molecule has 1 aromatic carbocycles. The Labute approximate surface area is 89.5 Å². The number of aliphatic hydroxyl groups is 1. The molecule has 0 spiro atoms. The first-order chi connectivity index (χ1) is 6.83. The van der Waals surface area contributed by atoms with E-state index in [1.54, 1.807) is 11.8 Å². The van der Waals surface area contributed by atoms with Gasteiger partial charge in [0.05, 0.1) is 12.4 Å². The molecular weight excluding hydrogens is 192 g/mol. The zero-order valence-corrected chi connectivity index (χ0v) is 9.05. The quantitative estimate of drug-likeness (QED) is 0.765. The average Bonchev–Trinajstić information content (AvgIpc) is 2.25. The van der Waals surface area contributed by atoms with Crippen molar-refractivity contribution in [2.45, 2.75) is 12.2 Å². The third-order valence-corrected chi connectivity index (χ3v) is 2.73. The maximum atomic E-state index is 8.78. The van der Waals surface area contributed by atoms with E-state index in [4.69, 9.17) is 5.11 Å². The van der Waals surface area contributed by atoms with E-state index >= 15 is 0 Å². The van der Waals surface area contributed by atoms with Crippen molar-refractivity contribution in [1.29, 1.82) is 0 Å². The number of rotatable bonds is 3. The third-order valence-electron chi connectivity index (χ3n) is 1.70. The first kappa shape index (κ1) is 11.2. The molecule has 0 aliphatic heterocycles. The van der Waals surface area contributed by atoms with Crippen molar-refractivity contribution in [1.82, 2.24) is 0 Å². The molecule has 0 aliphatic carbocycles. The molecule has 1 nitrogen and oxygen atoms in total. The Kier molecular flexibility index (Phi) is 5.21.